The Bertz CT molecular complexity index is 583. The van der Waals surface area contributed by atoms with E-state index in [1.165, 1.54) is 0 Å². The second-order valence-electron chi connectivity index (χ2n) is 5.56. The average molecular weight is 314 g/mol. The van der Waals surface area contributed by atoms with E-state index in [9.17, 15) is 8.42 Å². The molecule has 0 saturated heterocycles. The fourth-order valence-corrected chi connectivity index (χ4v) is 3.83. The number of aryl methyl sites for hydroxylation is 1. The van der Waals surface area contributed by atoms with Gasteiger partial charge in [-0.3, -0.25) is 0 Å². The van der Waals surface area contributed by atoms with Crippen molar-refractivity contribution in [1.29, 1.82) is 0 Å². The minimum absolute atomic E-state index is 0.123. The summed E-state index contributed by atoms with van der Waals surface area (Å²) in [5.41, 5.74) is 7.73. The van der Waals surface area contributed by atoms with E-state index in [4.69, 9.17) is 10.5 Å². The third kappa shape index (κ3) is 4.43. The van der Waals surface area contributed by atoms with Crippen LogP contribution in [0.1, 0.15) is 31.9 Å². The van der Waals surface area contributed by atoms with Crippen molar-refractivity contribution in [3.05, 3.63) is 23.3 Å². The van der Waals surface area contributed by atoms with Crippen LogP contribution in [0.3, 0.4) is 0 Å². The molecule has 0 amide bonds. The Kier molecular flexibility index (Phi) is 6.19. The minimum Gasteiger partial charge on any atom is -0.398 e. The number of ether oxygens (including phenoxy) is 1. The van der Waals surface area contributed by atoms with E-state index in [0.717, 1.165) is 5.56 Å². The van der Waals surface area contributed by atoms with E-state index in [1.54, 1.807) is 13.0 Å². The molecule has 1 aromatic carbocycles. The lowest BCUT2D eigenvalue weighted by molar-refractivity contribution is 0.116. The number of nitrogens with one attached hydrogen (secondary N) is 1. The Balaban J connectivity index is 3.14. The summed E-state index contributed by atoms with van der Waals surface area (Å²) >= 11 is 0. The predicted octanol–water partition coefficient (Wildman–Crippen LogP) is 2.23. The molecule has 0 radical (unpaired) electrons. The second-order valence-corrected chi connectivity index (χ2v) is 7.21. The molecule has 3 N–H and O–H groups in total. The highest BCUT2D eigenvalue weighted by Gasteiger charge is 2.26. The number of benzene rings is 1. The number of nitrogen functional groups attached to an aromatic ring is 1. The lowest BCUT2D eigenvalue weighted by Gasteiger charge is -2.23. The molecule has 0 aliphatic heterocycles. The Morgan fingerprint density at radius 1 is 1.29 bits per heavy atom. The average Bonchev–Trinajstić information content (AvgIpc) is 2.38. The van der Waals surface area contributed by atoms with Crippen molar-refractivity contribution in [3.63, 3.8) is 0 Å². The number of rotatable bonds is 7. The highest BCUT2D eigenvalue weighted by molar-refractivity contribution is 7.89. The van der Waals surface area contributed by atoms with Gasteiger partial charge in [0.1, 0.15) is 4.90 Å². The van der Waals surface area contributed by atoms with E-state index in [1.807, 2.05) is 33.8 Å². The van der Waals surface area contributed by atoms with Crippen molar-refractivity contribution in [2.45, 2.75) is 45.6 Å². The zero-order valence-electron chi connectivity index (χ0n) is 13.4. The second kappa shape index (κ2) is 7.24. The molecule has 0 fully saturated rings. The van der Waals surface area contributed by atoms with Gasteiger partial charge in [0.05, 0.1) is 12.3 Å². The van der Waals surface area contributed by atoms with Crippen LogP contribution >= 0.6 is 0 Å². The number of anilines is 1. The number of sulfonamides is 1. The molecule has 0 aliphatic carbocycles. The van der Waals surface area contributed by atoms with Crippen molar-refractivity contribution in [1.82, 2.24) is 4.72 Å². The molecule has 1 aromatic rings. The van der Waals surface area contributed by atoms with Crippen LogP contribution in [-0.4, -0.2) is 27.7 Å². The molecule has 0 bridgehead atoms. The largest absolute Gasteiger partial charge is 0.398 e. The van der Waals surface area contributed by atoms with E-state index in [0.29, 0.717) is 18.8 Å². The molecular weight excluding hydrogens is 288 g/mol. The first-order valence-electron chi connectivity index (χ1n) is 7.16. The van der Waals surface area contributed by atoms with E-state index >= 15 is 0 Å². The van der Waals surface area contributed by atoms with Crippen LogP contribution in [0.15, 0.2) is 17.0 Å². The summed E-state index contributed by atoms with van der Waals surface area (Å²) in [7, 11) is -3.67. The molecule has 0 aliphatic rings. The summed E-state index contributed by atoms with van der Waals surface area (Å²) in [5, 5.41) is 0. The van der Waals surface area contributed by atoms with Gasteiger partial charge in [-0.25, -0.2) is 13.1 Å². The van der Waals surface area contributed by atoms with Crippen LogP contribution in [0, 0.1) is 19.8 Å². The lowest BCUT2D eigenvalue weighted by Crippen LogP contribution is -2.42. The van der Waals surface area contributed by atoms with Crippen LogP contribution in [-0.2, 0) is 14.8 Å². The fraction of sp³-hybridized carbons (Fsp3) is 0.600. The van der Waals surface area contributed by atoms with Gasteiger partial charge in [0, 0.05) is 12.6 Å². The molecule has 0 heterocycles. The zero-order chi connectivity index (χ0) is 16.2. The smallest absolute Gasteiger partial charge is 0.243 e. The summed E-state index contributed by atoms with van der Waals surface area (Å²) < 4.78 is 33.4. The topological polar surface area (TPSA) is 81.4 Å². The van der Waals surface area contributed by atoms with E-state index in [-0.39, 0.29) is 22.5 Å². The maximum atomic E-state index is 12.7. The normalized spacial score (nSPS) is 13.6. The number of hydrogen-bond donors (Lipinski definition) is 2. The highest BCUT2D eigenvalue weighted by atomic mass is 32.2. The van der Waals surface area contributed by atoms with Gasteiger partial charge >= 0.3 is 0 Å². The Labute approximate surface area is 127 Å². The standard InChI is InChI=1S/C15H26N2O3S/c1-6-20-9-14(10(2)3)17-21(18,19)15-12(5)11(4)7-8-13(15)16/h7-8,10,14,17H,6,9,16H2,1-5H3. The van der Waals surface area contributed by atoms with Crippen LogP contribution in [0.5, 0.6) is 0 Å². The minimum atomic E-state index is -3.67. The maximum Gasteiger partial charge on any atom is 0.243 e. The van der Waals surface area contributed by atoms with Gasteiger partial charge in [0.15, 0.2) is 0 Å². The van der Waals surface area contributed by atoms with E-state index < -0.39 is 10.0 Å². The molecule has 5 nitrogen and oxygen atoms in total. The molecule has 1 atom stereocenters. The van der Waals surface area contributed by atoms with Crippen LogP contribution in [0.4, 0.5) is 5.69 Å². The van der Waals surface area contributed by atoms with Crippen molar-refractivity contribution in [2.24, 2.45) is 5.92 Å². The van der Waals surface area contributed by atoms with Crippen molar-refractivity contribution in [2.75, 3.05) is 18.9 Å². The summed E-state index contributed by atoms with van der Waals surface area (Å²) in [6, 6.07) is 3.17. The molecule has 120 valence electrons. The van der Waals surface area contributed by atoms with Crippen LogP contribution in [0.2, 0.25) is 0 Å². The number of nitrogens with two attached hydrogens (primary N) is 1. The first-order valence-corrected chi connectivity index (χ1v) is 8.64. The van der Waals surface area contributed by atoms with Crippen molar-refractivity contribution >= 4 is 15.7 Å². The quantitative estimate of drug-likeness (QED) is 0.756. The molecule has 0 aromatic heterocycles. The first kappa shape index (κ1) is 17.9. The fourth-order valence-electron chi connectivity index (χ4n) is 2.03. The van der Waals surface area contributed by atoms with Gasteiger partial charge in [-0.15, -0.1) is 0 Å². The zero-order valence-corrected chi connectivity index (χ0v) is 14.3. The summed E-state index contributed by atoms with van der Waals surface area (Å²) in [5.74, 6) is 0.123. The first-order chi connectivity index (χ1) is 9.70. The Hall–Kier alpha value is -1.11. The molecule has 0 saturated carbocycles. The van der Waals surface area contributed by atoms with E-state index in [2.05, 4.69) is 4.72 Å². The molecule has 0 spiro atoms. The lowest BCUT2D eigenvalue weighted by atomic mass is 10.1. The van der Waals surface area contributed by atoms with Crippen LogP contribution < -0.4 is 10.5 Å². The third-order valence-electron chi connectivity index (χ3n) is 3.59. The Morgan fingerprint density at radius 3 is 2.43 bits per heavy atom. The van der Waals surface area contributed by atoms with Gasteiger partial charge in [-0.05, 0) is 43.9 Å². The van der Waals surface area contributed by atoms with Crippen molar-refractivity contribution in [3.8, 4) is 0 Å². The Morgan fingerprint density at radius 2 is 1.90 bits per heavy atom. The molecule has 6 heteroatoms. The molecule has 1 rings (SSSR count). The maximum absolute atomic E-state index is 12.7. The van der Waals surface area contributed by atoms with Gasteiger partial charge in [0.2, 0.25) is 10.0 Å². The molecular formula is C15H26N2O3S. The van der Waals surface area contributed by atoms with Gasteiger partial charge in [0.25, 0.3) is 0 Å². The van der Waals surface area contributed by atoms with Gasteiger partial charge in [-0.1, -0.05) is 19.9 Å². The summed E-state index contributed by atoms with van der Waals surface area (Å²) in [6.07, 6.45) is 0. The van der Waals surface area contributed by atoms with Gasteiger partial charge in [-0.2, -0.15) is 0 Å². The predicted molar refractivity (Wildman–Crippen MR) is 85.8 cm³/mol. The monoisotopic (exact) mass is 314 g/mol. The number of hydrogen-bond acceptors (Lipinski definition) is 4. The SMILES string of the molecule is CCOCC(NS(=O)(=O)c1c(N)ccc(C)c1C)C(C)C. The summed E-state index contributed by atoms with van der Waals surface area (Å²) in [4.78, 5) is 0.171. The molecule has 1 unspecified atom stereocenters. The molecule has 21 heavy (non-hydrogen) atoms. The summed E-state index contributed by atoms with van der Waals surface area (Å²) in [6.45, 7) is 10.3. The van der Waals surface area contributed by atoms with Crippen molar-refractivity contribution < 1.29 is 13.2 Å². The highest BCUT2D eigenvalue weighted by Crippen LogP contribution is 2.25. The third-order valence-corrected chi connectivity index (χ3v) is 5.28. The van der Waals surface area contributed by atoms with Gasteiger partial charge < -0.3 is 10.5 Å². The van der Waals surface area contributed by atoms with Crippen LogP contribution in [0.25, 0.3) is 0 Å².